The summed E-state index contributed by atoms with van der Waals surface area (Å²) in [5.41, 5.74) is 1.48. The van der Waals surface area contributed by atoms with Gasteiger partial charge in [-0.2, -0.15) is 0 Å². The van der Waals surface area contributed by atoms with Gasteiger partial charge in [-0.1, -0.05) is 12.2 Å². The molecule has 8 nitrogen and oxygen atoms in total. The summed E-state index contributed by atoms with van der Waals surface area (Å²) < 4.78 is 1.89. The van der Waals surface area contributed by atoms with Crippen LogP contribution in [-0.4, -0.2) is 57.6 Å². The maximum absolute atomic E-state index is 12.8. The van der Waals surface area contributed by atoms with Gasteiger partial charge in [-0.05, 0) is 56.4 Å². The molecule has 1 aliphatic heterocycles. The Bertz CT molecular complexity index is 1150. The lowest BCUT2D eigenvalue weighted by Gasteiger charge is -2.19. The number of imide groups is 1. The predicted octanol–water partition coefficient (Wildman–Crippen LogP) is 2.26. The number of allylic oxidation sites excluding steroid dienone is 2. The van der Waals surface area contributed by atoms with E-state index >= 15 is 0 Å². The van der Waals surface area contributed by atoms with E-state index in [0.29, 0.717) is 18.8 Å². The number of carbonyl (C=O) groups excluding carboxylic acids is 4. The lowest BCUT2D eigenvalue weighted by molar-refractivity contribution is -0.143. The number of hydrogen-bond acceptors (Lipinski definition) is 4. The van der Waals surface area contributed by atoms with E-state index in [9.17, 15) is 19.2 Å². The minimum atomic E-state index is -0.396. The number of anilines is 1. The molecule has 1 aromatic carbocycles. The van der Waals surface area contributed by atoms with Crippen LogP contribution in [0.5, 0.6) is 0 Å². The zero-order valence-electron chi connectivity index (χ0n) is 18.9. The van der Waals surface area contributed by atoms with Gasteiger partial charge < -0.3 is 14.8 Å². The zero-order valence-corrected chi connectivity index (χ0v) is 18.9. The minimum Gasteiger partial charge on any atom is -0.342 e. The molecule has 0 spiro atoms. The molecule has 2 fully saturated rings. The van der Waals surface area contributed by atoms with E-state index in [1.165, 1.54) is 0 Å². The summed E-state index contributed by atoms with van der Waals surface area (Å²) in [6, 6.07) is 7.36. The van der Waals surface area contributed by atoms with Crippen LogP contribution in [0, 0.1) is 23.7 Å². The summed E-state index contributed by atoms with van der Waals surface area (Å²) in [7, 11) is 0. The smallest absolute Gasteiger partial charge is 0.244 e. The molecule has 4 unspecified atom stereocenters. The second-order valence-electron chi connectivity index (χ2n) is 9.09. The van der Waals surface area contributed by atoms with Crippen LogP contribution >= 0.6 is 0 Å². The first-order valence-corrected chi connectivity index (χ1v) is 11.6. The fourth-order valence-corrected chi connectivity index (χ4v) is 5.70. The first-order chi connectivity index (χ1) is 15.9. The SMILES string of the molecule is CCN(CC)C(=O)Cn1ccc2cc(NC(=O)CN3C(=O)C4C5C=CC(C5)C4C3=O)ccc21. The van der Waals surface area contributed by atoms with Crippen molar-refractivity contribution in [2.45, 2.75) is 26.8 Å². The molecule has 8 heteroatoms. The standard InChI is InChI=1S/C25H28N4O4/c1-3-27(4-2)21(31)14-28-10-9-15-12-18(7-8-19(15)28)26-20(30)13-29-24(32)22-16-5-6-17(11-16)23(22)25(29)33/h5-10,12,16-17,22-23H,3-4,11,13-14H2,1-2H3,(H,26,30). The highest BCUT2D eigenvalue weighted by molar-refractivity contribution is 6.09. The van der Waals surface area contributed by atoms with Gasteiger partial charge in [-0.15, -0.1) is 0 Å². The van der Waals surface area contributed by atoms with Gasteiger partial charge in [0.15, 0.2) is 0 Å². The third-order valence-electron chi connectivity index (χ3n) is 7.34. The molecule has 2 bridgehead atoms. The van der Waals surface area contributed by atoms with E-state index in [1.54, 1.807) is 11.0 Å². The summed E-state index contributed by atoms with van der Waals surface area (Å²) >= 11 is 0. The van der Waals surface area contributed by atoms with Crippen LogP contribution < -0.4 is 5.32 Å². The normalized spacial score (nSPS) is 25.2. The third kappa shape index (κ3) is 3.53. The summed E-state index contributed by atoms with van der Waals surface area (Å²) in [5.74, 6) is -1.11. The van der Waals surface area contributed by atoms with Crippen molar-refractivity contribution in [1.29, 1.82) is 0 Å². The quantitative estimate of drug-likeness (QED) is 0.520. The molecule has 2 aliphatic carbocycles. The van der Waals surface area contributed by atoms with E-state index < -0.39 is 5.91 Å². The first-order valence-electron chi connectivity index (χ1n) is 11.6. The Hall–Kier alpha value is -3.42. The molecule has 1 saturated heterocycles. The van der Waals surface area contributed by atoms with Gasteiger partial charge in [0.25, 0.3) is 0 Å². The summed E-state index contributed by atoms with van der Waals surface area (Å²) in [5, 5.41) is 3.70. The number of amides is 4. The highest BCUT2D eigenvalue weighted by Gasteiger charge is 2.59. The molecular weight excluding hydrogens is 420 g/mol. The van der Waals surface area contributed by atoms with Gasteiger partial charge in [-0.3, -0.25) is 24.1 Å². The summed E-state index contributed by atoms with van der Waals surface area (Å²) in [4.78, 5) is 53.6. The molecule has 1 saturated carbocycles. The minimum absolute atomic E-state index is 0.0585. The van der Waals surface area contributed by atoms with Crippen LogP contribution in [0.15, 0.2) is 42.6 Å². The van der Waals surface area contributed by atoms with Crippen molar-refractivity contribution < 1.29 is 19.2 Å². The second-order valence-corrected chi connectivity index (χ2v) is 9.09. The van der Waals surface area contributed by atoms with Crippen LogP contribution in [0.3, 0.4) is 0 Å². The monoisotopic (exact) mass is 448 g/mol. The highest BCUT2D eigenvalue weighted by Crippen LogP contribution is 2.52. The predicted molar refractivity (Wildman–Crippen MR) is 123 cm³/mol. The van der Waals surface area contributed by atoms with E-state index in [4.69, 9.17) is 0 Å². The Morgan fingerprint density at radius 1 is 1.00 bits per heavy atom. The largest absolute Gasteiger partial charge is 0.342 e. The average molecular weight is 449 g/mol. The Balaban J connectivity index is 1.24. The lowest BCUT2D eigenvalue weighted by Crippen LogP contribution is -2.39. The number of benzene rings is 1. The highest BCUT2D eigenvalue weighted by atomic mass is 16.2. The molecule has 5 rings (SSSR count). The van der Waals surface area contributed by atoms with E-state index in [0.717, 1.165) is 22.2 Å². The fourth-order valence-electron chi connectivity index (χ4n) is 5.70. The van der Waals surface area contributed by atoms with Gasteiger partial charge in [0, 0.05) is 35.9 Å². The second kappa shape index (κ2) is 8.17. The van der Waals surface area contributed by atoms with Crippen molar-refractivity contribution in [1.82, 2.24) is 14.4 Å². The number of likely N-dealkylation sites (N-methyl/N-ethyl adjacent to an activating group) is 1. The lowest BCUT2D eigenvalue weighted by atomic mass is 9.85. The van der Waals surface area contributed by atoms with Crippen molar-refractivity contribution in [2.24, 2.45) is 23.7 Å². The number of fused-ring (bicyclic) bond motifs is 6. The van der Waals surface area contributed by atoms with Crippen molar-refractivity contribution >= 4 is 40.2 Å². The number of nitrogens with zero attached hydrogens (tertiary/aromatic N) is 3. The van der Waals surface area contributed by atoms with Crippen molar-refractivity contribution in [3.05, 3.63) is 42.6 Å². The van der Waals surface area contributed by atoms with Gasteiger partial charge >= 0.3 is 0 Å². The van der Waals surface area contributed by atoms with Gasteiger partial charge in [0.05, 0.1) is 11.8 Å². The Morgan fingerprint density at radius 3 is 2.30 bits per heavy atom. The number of carbonyl (C=O) groups is 4. The van der Waals surface area contributed by atoms with Crippen molar-refractivity contribution in [3.63, 3.8) is 0 Å². The zero-order chi connectivity index (χ0) is 23.3. The molecule has 3 aliphatic rings. The van der Waals surface area contributed by atoms with Crippen LogP contribution in [0.1, 0.15) is 20.3 Å². The molecule has 2 aromatic rings. The number of nitrogens with one attached hydrogen (secondary N) is 1. The van der Waals surface area contributed by atoms with E-state index in [1.807, 2.05) is 55.0 Å². The molecule has 2 heterocycles. The maximum Gasteiger partial charge on any atom is 0.244 e. The van der Waals surface area contributed by atoms with Gasteiger partial charge in [0.2, 0.25) is 23.6 Å². The molecule has 4 atom stereocenters. The topological polar surface area (TPSA) is 91.7 Å². The molecule has 1 N–H and O–H groups in total. The molecule has 172 valence electrons. The van der Waals surface area contributed by atoms with Gasteiger partial charge in [0.1, 0.15) is 13.1 Å². The van der Waals surface area contributed by atoms with Crippen LogP contribution in [0.4, 0.5) is 5.69 Å². The Labute approximate surface area is 192 Å². The number of likely N-dealkylation sites (tertiary alicyclic amines) is 1. The Kier molecular flexibility index (Phi) is 5.31. The van der Waals surface area contributed by atoms with Crippen LogP contribution in [-0.2, 0) is 25.7 Å². The van der Waals surface area contributed by atoms with Crippen molar-refractivity contribution in [3.8, 4) is 0 Å². The van der Waals surface area contributed by atoms with Gasteiger partial charge in [-0.25, -0.2) is 0 Å². The molecule has 0 radical (unpaired) electrons. The number of rotatable bonds is 7. The average Bonchev–Trinajstić information content (AvgIpc) is 3.56. The number of hydrogen-bond donors (Lipinski definition) is 1. The summed E-state index contributed by atoms with van der Waals surface area (Å²) in [6.45, 7) is 5.26. The molecular formula is C25H28N4O4. The Morgan fingerprint density at radius 2 is 1.67 bits per heavy atom. The van der Waals surface area contributed by atoms with E-state index in [2.05, 4.69) is 5.32 Å². The first kappa shape index (κ1) is 21.4. The molecule has 33 heavy (non-hydrogen) atoms. The third-order valence-corrected chi connectivity index (χ3v) is 7.34. The fraction of sp³-hybridized carbons (Fsp3) is 0.440. The van der Waals surface area contributed by atoms with Crippen LogP contribution in [0.2, 0.25) is 0 Å². The van der Waals surface area contributed by atoms with Crippen LogP contribution in [0.25, 0.3) is 10.9 Å². The summed E-state index contributed by atoms with van der Waals surface area (Å²) in [6.07, 6.45) is 6.81. The maximum atomic E-state index is 12.8. The number of aromatic nitrogens is 1. The van der Waals surface area contributed by atoms with E-state index in [-0.39, 0.29) is 54.5 Å². The molecule has 4 amide bonds. The molecule has 1 aromatic heterocycles. The van der Waals surface area contributed by atoms with Crippen molar-refractivity contribution in [2.75, 3.05) is 25.0 Å².